The van der Waals surface area contributed by atoms with Gasteiger partial charge in [-0.2, -0.15) is 0 Å². The molecule has 0 atom stereocenters. The summed E-state index contributed by atoms with van der Waals surface area (Å²) >= 11 is 1.48. The van der Waals surface area contributed by atoms with E-state index in [0.717, 1.165) is 16.5 Å². The summed E-state index contributed by atoms with van der Waals surface area (Å²) in [6, 6.07) is 5.88. The Bertz CT molecular complexity index is 460. The molecule has 1 aromatic heterocycles. The zero-order valence-electron chi connectivity index (χ0n) is 7.95. The van der Waals surface area contributed by atoms with Gasteiger partial charge in [0.15, 0.2) is 0 Å². The van der Waals surface area contributed by atoms with Crippen LogP contribution in [0.3, 0.4) is 0 Å². The van der Waals surface area contributed by atoms with E-state index in [-0.39, 0.29) is 12.4 Å². The first-order valence-electron chi connectivity index (χ1n) is 4.61. The van der Waals surface area contributed by atoms with Gasteiger partial charge in [0.2, 0.25) is 0 Å². The van der Waals surface area contributed by atoms with Gasteiger partial charge in [0, 0.05) is 10.1 Å². The molecule has 1 aromatic carbocycles. The standard InChI is InChI=1S/C11H12O2S/c1-2-7-4-3-5-8-10(13)9(6-12)14-11(7)8/h3-5,12-13H,2,6H2,1H3. The van der Waals surface area contributed by atoms with Crippen molar-refractivity contribution >= 4 is 21.4 Å². The third-order valence-electron chi connectivity index (χ3n) is 2.37. The fourth-order valence-electron chi connectivity index (χ4n) is 1.60. The minimum absolute atomic E-state index is 0.0890. The van der Waals surface area contributed by atoms with Crippen LogP contribution in [-0.2, 0) is 13.0 Å². The molecule has 0 unspecified atom stereocenters. The van der Waals surface area contributed by atoms with Crippen molar-refractivity contribution in [3.63, 3.8) is 0 Å². The number of rotatable bonds is 2. The van der Waals surface area contributed by atoms with Crippen molar-refractivity contribution in [2.45, 2.75) is 20.0 Å². The van der Waals surface area contributed by atoms with Crippen molar-refractivity contribution in [3.05, 3.63) is 28.6 Å². The highest BCUT2D eigenvalue weighted by Crippen LogP contribution is 2.38. The number of aromatic hydroxyl groups is 1. The molecule has 0 aliphatic rings. The predicted molar refractivity (Wildman–Crippen MR) is 58.8 cm³/mol. The summed E-state index contributed by atoms with van der Waals surface area (Å²) in [6.45, 7) is 2.00. The summed E-state index contributed by atoms with van der Waals surface area (Å²) in [4.78, 5) is 0.654. The zero-order chi connectivity index (χ0) is 10.1. The lowest BCUT2D eigenvalue weighted by molar-refractivity contribution is 0.280. The lowest BCUT2D eigenvalue weighted by atomic mass is 10.1. The van der Waals surface area contributed by atoms with Crippen molar-refractivity contribution in [1.29, 1.82) is 0 Å². The van der Waals surface area contributed by atoms with Crippen LogP contribution >= 0.6 is 11.3 Å². The molecule has 0 saturated carbocycles. The van der Waals surface area contributed by atoms with Gasteiger partial charge in [-0.1, -0.05) is 19.1 Å². The van der Waals surface area contributed by atoms with E-state index in [4.69, 9.17) is 5.11 Å². The molecule has 1 heterocycles. The van der Waals surface area contributed by atoms with Crippen molar-refractivity contribution in [2.75, 3.05) is 0 Å². The molecule has 0 radical (unpaired) electrons. The van der Waals surface area contributed by atoms with Gasteiger partial charge in [-0.15, -0.1) is 11.3 Å². The van der Waals surface area contributed by atoms with E-state index in [1.54, 1.807) is 0 Å². The number of fused-ring (bicyclic) bond motifs is 1. The molecule has 2 aromatic rings. The molecular formula is C11H12O2S. The maximum Gasteiger partial charge on any atom is 0.139 e. The number of hydrogen-bond donors (Lipinski definition) is 2. The van der Waals surface area contributed by atoms with E-state index in [9.17, 15) is 5.11 Å². The monoisotopic (exact) mass is 208 g/mol. The SMILES string of the molecule is CCc1cccc2c(O)c(CO)sc12. The van der Waals surface area contributed by atoms with Crippen LogP contribution in [0.1, 0.15) is 17.4 Å². The van der Waals surface area contributed by atoms with E-state index in [2.05, 4.69) is 13.0 Å². The Kier molecular flexibility index (Phi) is 2.44. The highest BCUT2D eigenvalue weighted by atomic mass is 32.1. The molecule has 0 saturated heterocycles. The van der Waals surface area contributed by atoms with Crippen LogP contribution in [-0.4, -0.2) is 10.2 Å². The molecular weight excluding hydrogens is 196 g/mol. The van der Waals surface area contributed by atoms with E-state index in [1.807, 2.05) is 12.1 Å². The van der Waals surface area contributed by atoms with Crippen LogP contribution in [0.4, 0.5) is 0 Å². The second-order valence-corrected chi connectivity index (χ2v) is 4.28. The Labute approximate surface area is 86.4 Å². The smallest absolute Gasteiger partial charge is 0.139 e. The summed E-state index contributed by atoms with van der Waals surface area (Å²) in [5.41, 5.74) is 1.22. The van der Waals surface area contributed by atoms with Gasteiger partial charge in [0.25, 0.3) is 0 Å². The molecule has 0 spiro atoms. The molecule has 0 aliphatic heterocycles. The van der Waals surface area contributed by atoms with Crippen molar-refractivity contribution < 1.29 is 10.2 Å². The Morgan fingerprint density at radius 1 is 1.36 bits per heavy atom. The van der Waals surface area contributed by atoms with Crippen LogP contribution in [0.2, 0.25) is 0 Å². The third-order valence-corrected chi connectivity index (χ3v) is 3.62. The van der Waals surface area contributed by atoms with Gasteiger partial charge < -0.3 is 10.2 Å². The van der Waals surface area contributed by atoms with Gasteiger partial charge in [-0.25, -0.2) is 0 Å². The molecule has 3 heteroatoms. The quantitative estimate of drug-likeness (QED) is 0.796. The van der Waals surface area contributed by atoms with Gasteiger partial charge in [-0.05, 0) is 18.1 Å². The molecule has 2 rings (SSSR count). The Morgan fingerprint density at radius 3 is 2.79 bits per heavy atom. The fraction of sp³-hybridized carbons (Fsp3) is 0.273. The molecule has 2 nitrogen and oxygen atoms in total. The summed E-state index contributed by atoms with van der Waals surface area (Å²) in [7, 11) is 0. The first-order valence-corrected chi connectivity index (χ1v) is 5.42. The zero-order valence-corrected chi connectivity index (χ0v) is 8.77. The average molecular weight is 208 g/mol. The van der Waals surface area contributed by atoms with Gasteiger partial charge >= 0.3 is 0 Å². The van der Waals surface area contributed by atoms with Gasteiger partial charge in [-0.3, -0.25) is 0 Å². The summed E-state index contributed by atoms with van der Waals surface area (Å²) in [5.74, 6) is 0.239. The van der Waals surface area contributed by atoms with E-state index >= 15 is 0 Å². The predicted octanol–water partition coefficient (Wildman–Crippen LogP) is 2.66. The molecule has 2 N–H and O–H groups in total. The minimum atomic E-state index is -0.0890. The summed E-state index contributed by atoms with van der Waals surface area (Å²) < 4.78 is 1.09. The summed E-state index contributed by atoms with van der Waals surface area (Å²) in [6.07, 6.45) is 0.947. The average Bonchev–Trinajstić information content (AvgIpc) is 2.55. The molecule has 0 aliphatic carbocycles. The lowest BCUT2D eigenvalue weighted by Crippen LogP contribution is -1.77. The molecule has 0 bridgehead atoms. The Balaban J connectivity index is 2.77. The Morgan fingerprint density at radius 2 is 2.14 bits per heavy atom. The number of hydrogen-bond acceptors (Lipinski definition) is 3. The second kappa shape index (κ2) is 3.59. The van der Waals surface area contributed by atoms with Crippen molar-refractivity contribution in [3.8, 4) is 5.75 Å². The maximum absolute atomic E-state index is 9.76. The largest absolute Gasteiger partial charge is 0.506 e. The van der Waals surface area contributed by atoms with Crippen LogP contribution in [0.25, 0.3) is 10.1 Å². The first kappa shape index (κ1) is 9.49. The van der Waals surface area contributed by atoms with Crippen molar-refractivity contribution in [1.82, 2.24) is 0 Å². The minimum Gasteiger partial charge on any atom is -0.506 e. The third kappa shape index (κ3) is 1.29. The van der Waals surface area contributed by atoms with Crippen molar-refractivity contribution in [2.24, 2.45) is 0 Å². The highest BCUT2D eigenvalue weighted by molar-refractivity contribution is 7.19. The highest BCUT2D eigenvalue weighted by Gasteiger charge is 2.11. The fourth-order valence-corrected chi connectivity index (χ4v) is 2.73. The number of aliphatic hydroxyl groups excluding tert-OH is 1. The Hall–Kier alpha value is -1.06. The molecule has 74 valence electrons. The molecule has 14 heavy (non-hydrogen) atoms. The van der Waals surface area contributed by atoms with Crippen LogP contribution in [0, 0.1) is 0 Å². The lowest BCUT2D eigenvalue weighted by Gasteiger charge is -1.97. The van der Waals surface area contributed by atoms with Gasteiger partial charge in [0.05, 0.1) is 11.5 Å². The van der Waals surface area contributed by atoms with E-state index in [0.29, 0.717) is 4.88 Å². The van der Waals surface area contributed by atoms with E-state index in [1.165, 1.54) is 16.9 Å². The first-order chi connectivity index (χ1) is 6.77. The molecule has 0 fully saturated rings. The number of benzene rings is 1. The van der Waals surface area contributed by atoms with E-state index < -0.39 is 0 Å². The summed E-state index contributed by atoms with van der Waals surface area (Å²) in [5, 5.41) is 19.7. The number of aryl methyl sites for hydroxylation is 1. The van der Waals surface area contributed by atoms with Gasteiger partial charge in [0.1, 0.15) is 5.75 Å². The van der Waals surface area contributed by atoms with Crippen LogP contribution in [0.15, 0.2) is 18.2 Å². The van der Waals surface area contributed by atoms with Crippen LogP contribution in [0.5, 0.6) is 5.75 Å². The van der Waals surface area contributed by atoms with Crippen LogP contribution < -0.4 is 0 Å². The topological polar surface area (TPSA) is 40.5 Å². The number of thiophene rings is 1. The molecule has 0 amide bonds. The second-order valence-electron chi connectivity index (χ2n) is 3.18. The maximum atomic E-state index is 9.76. The number of aliphatic hydroxyl groups is 1. The normalized spacial score (nSPS) is 11.0.